The van der Waals surface area contributed by atoms with E-state index in [9.17, 15) is 9.59 Å². The number of likely N-dealkylation sites (N-methyl/N-ethyl adjacent to an activating group) is 1. The standard InChI is InChI=1S/C14H26N2O3/c1-4-19-14(18)8-10-15(3)11-13(17)16-9-6-5-7-12(16)2/h12H,4-11H2,1-3H3. The Morgan fingerprint density at radius 2 is 2.11 bits per heavy atom. The Morgan fingerprint density at radius 3 is 2.74 bits per heavy atom. The molecule has 0 N–H and O–H groups in total. The number of amides is 1. The maximum absolute atomic E-state index is 12.2. The van der Waals surface area contributed by atoms with Crippen LogP contribution in [0.3, 0.4) is 0 Å². The van der Waals surface area contributed by atoms with Crippen LogP contribution in [0.5, 0.6) is 0 Å². The molecular formula is C14H26N2O3. The summed E-state index contributed by atoms with van der Waals surface area (Å²) in [6, 6.07) is 0.347. The molecule has 1 aliphatic heterocycles. The lowest BCUT2D eigenvalue weighted by molar-refractivity contribution is -0.144. The lowest BCUT2D eigenvalue weighted by Gasteiger charge is -2.34. The molecule has 1 unspecified atom stereocenters. The van der Waals surface area contributed by atoms with Crippen molar-refractivity contribution in [3.8, 4) is 0 Å². The first kappa shape index (κ1) is 16.0. The topological polar surface area (TPSA) is 49.9 Å². The van der Waals surface area contributed by atoms with Gasteiger partial charge in [0.15, 0.2) is 0 Å². The molecule has 1 rings (SSSR count). The SMILES string of the molecule is CCOC(=O)CCN(C)CC(=O)N1CCCCC1C. The highest BCUT2D eigenvalue weighted by Gasteiger charge is 2.23. The van der Waals surface area contributed by atoms with Gasteiger partial charge in [0.25, 0.3) is 0 Å². The van der Waals surface area contributed by atoms with Crippen LogP contribution >= 0.6 is 0 Å². The zero-order valence-electron chi connectivity index (χ0n) is 12.4. The summed E-state index contributed by atoms with van der Waals surface area (Å²) in [5, 5.41) is 0. The van der Waals surface area contributed by atoms with E-state index in [0.29, 0.717) is 32.2 Å². The minimum atomic E-state index is -0.201. The Kier molecular flexibility index (Phi) is 6.84. The Morgan fingerprint density at radius 1 is 1.37 bits per heavy atom. The number of carbonyl (C=O) groups excluding carboxylic acids is 2. The molecule has 1 atom stereocenters. The van der Waals surface area contributed by atoms with E-state index in [1.54, 1.807) is 6.92 Å². The lowest BCUT2D eigenvalue weighted by Crippen LogP contribution is -2.46. The zero-order chi connectivity index (χ0) is 14.3. The van der Waals surface area contributed by atoms with Gasteiger partial charge >= 0.3 is 5.97 Å². The first-order valence-corrected chi connectivity index (χ1v) is 7.18. The van der Waals surface area contributed by atoms with E-state index in [1.807, 2.05) is 16.8 Å². The zero-order valence-corrected chi connectivity index (χ0v) is 12.4. The van der Waals surface area contributed by atoms with Gasteiger partial charge in [-0.15, -0.1) is 0 Å². The fraction of sp³-hybridized carbons (Fsp3) is 0.857. The molecule has 0 bridgehead atoms. The Balaban J connectivity index is 2.28. The van der Waals surface area contributed by atoms with E-state index in [1.165, 1.54) is 6.42 Å². The Bertz CT molecular complexity index is 307. The van der Waals surface area contributed by atoms with Gasteiger partial charge in [-0.25, -0.2) is 0 Å². The number of esters is 1. The molecule has 0 aromatic heterocycles. The number of ether oxygens (including phenoxy) is 1. The van der Waals surface area contributed by atoms with E-state index in [2.05, 4.69) is 6.92 Å². The summed E-state index contributed by atoms with van der Waals surface area (Å²) in [4.78, 5) is 27.3. The van der Waals surface area contributed by atoms with Gasteiger partial charge in [-0.1, -0.05) is 0 Å². The van der Waals surface area contributed by atoms with Crippen LogP contribution in [-0.4, -0.2) is 61.0 Å². The minimum Gasteiger partial charge on any atom is -0.466 e. The van der Waals surface area contributed by atoms with Crippen molar-refractivity contribution >= 4 is 11.9 Å². The summed E-state index contributed by atoms with van der Waals surface area (Å²) in [6.07, 6.45) is 3.75. The second-order valence-electron chi connectivity index (χ2n) is 5.22. The summed E-state index contributed by atoms with van der Waals surface area (Å²) in [5.41, 5.74) is 0. The van der Waals surface area contributed by atoms with E-state index in [4.69, 9.17) is 4.74 Å². The van der Waals surface area contributed by atoms with Gasteiger partial charge in [-0.05, 0) is 40.2 Å². The first-order valence-electron chi connectivity index (χ1n) is 7.18. The summed E-state index contributed by atoms with van der Waals surface area (Å²) in [7, 11) is 1.87. The number of hydrogen-bond donors (Lipinski definition) is 0. The molecule has 0 aromatic carbocycles. The van der Waals surface area contributed by atoms with Gasteiger partial charge in [0, 0.05) is 19.1 Å². The minimum absolute atomic E-state index is 0.165. The maximum atomic E-state index is 12.2. The maximum Gasteiger partial charge on any atom is 0.307 e. The van der Waals surface area contributed by atoms with Crippen molar-refractivity contribution in [3.05, 3.63) is 0 Å². The second-order valence-corrected chi connectivity index (χ2v) is 5.22. The highest BCUT2D eigenvalue weighted by Crippen LogP contribution is 2.16. The molecule has 1 fully saturated rings. The van der Waals surface area contributed by atoms with Gasteiger partial charge in [0.05, 0.1) is 19.6 Å². The molecule has 5 nitrogen and oxygen atoms in total. The third-order valence-electron chi connectivity index (χ3n) is 3.53. The molecule has 1 aliphatic rings. The fourth-order valence-electron chi connectivity index (χ4n) is 2.38. The lowest BCUT2D eigenvalue weighted by atomic mass is 10.0. The second kappa shape index (κ2) is 8.15. The molecule has 0 aromatic rings. The number of rotatable bonds is 6. The predicted molar refractivity (Wildman–Crippen MR) is 73.8 cm³/mol. The third-order valence-corrected chi connectivity index (χ3v) is 3.53. The van der Waals surface area contributed by atoms with Crippen molar-refractivity contribution in [3.63, 3.8) is 0 Å². The number of piperidine rings is 1. The molecule has 0 spiro atoms. The molecule has 0 radical (unpaired) electrons. The van der Waals surface area contributed by atoms with Gasteiger partial charge in [-0.3, -0.25) is 14.5 Å². The van der Waals surface area contributed by atoms with Crippen LogP contribution in [0.2, 0.25) is 0 Å². The monoisotopic (exact) mass is 270 g/mol. The third kappa shape index (κ3) is 5.59. The number of nitrogens with zero attached hydrogens (tertiary/aromatic N) is 2. The van der Waals surface area contributed by atoms with Gasteiger partial charge < -0.3 is 9.64 Å². The van der Waals surface area contributed by atoms with E-state index >= 15 is 0 Å². The summed E-state index contributed by atoms with van der Waals surface area (Å²) in [6.45, 7) is 6.12. The van der Waals surface area contributed by atoms with Crippen molar-refractivity contribution in [2.24, 2.45) is 0 Å². The summed E-state index contributed by atoms with van der Waals surface area (Å²) in [5.74, 6) is -0.0355. The highest BCUT2D eigenvalue weighted by molar-refractivity contribution is 5.78. The van der Waals surface area contributed by atoms with Crippen LogP contribution in [0.4, 0.5) is 0 Å². The van der Waals surface area contributed by atoms with Crippen molar-refractivity contribution in [1.29, 1.82) is 0 Å². The van der Waals surface area contributed by atoms with Crippen LogP contribution in [0.25, 0.3) is 0 Å². The molecule has 5 heteroatoms. The van der Waals surface area contributed by atoms with Crippen molar-refractivity contribution in [1.82, 2.24) is 9.80 Å². The number of carbonyl (C=O) groups is 2. The first-order chi connectivity index (χ1) is 9.04. The van der Waals surface area contributed by atoms with Gasteiger partial charge in [0.1, 0.15) is 0 Å². The molecule has 1 heterocycles. The number of hydrogen-bond acceptors (Lipinski definition) is 4. The van der Waals surface area contributed by atoms with Crippen LogP contribution in [0.15, 0.2) is 0 Å². The van der Waals surface area contributed by atoms with E-state index < -0.39 is 0 Å². The predicted octanol–water partition coefficient (Wildman–Crippen LogP) is 1.27. The van der Waals surface area contributed by atoms with Crippen molar-refractivity contribution in [2.75, 3.05) is 33.3 Å². The molecule has 0 aliphatic carbocycles. The number of likely N-dealkylation sites (tertiary alicyclic amines) is 1. The fourth-order valence-corrected chi connectivity index (χ4v) is 2.38. The van der Waals surface area contributed by atoms with E-state index in [0.717, 1.165) is 19.4 Å². The highest BCUT2D eigenvalue weighted by atomic mass is 16.5. The summed E-state index contributed by atoms with van der Waals surface area (Å²) < 4.78 is 4.87. The van der Waals surface area contributed by atoms with Crippen molar-refractivity contribution in [2.45, 2.75) is 45.6 Å². The molecule has 0 saturated carbocycles. The van der Waals surface area contributed by atoms with Gasteiger partial charge in [-0.2, -0.15) is 0 Å². The quantitative estimate of drug-likeness (QED) is 0.682. The molecule has 110 valence electrons. The molecule has 1 saturated heterocycles. The smallest absolute Gasteiger partial charge is 0.307 e. The average Bonchev–Trinajstić information content (AvgIpc) is 2.37. The Labute approximate surface area is 115 Å². The van der Waals surface area contributed by atoms with Gasteiger partial charge in [0.2, 0.25) is 5.91 Å². The Hall–Kier alpha value is -1.10. The van der Waals surface area contributed by atoms with E-state index in [-0.39, 0.29) is 11.9 Å². The molecular weight excluding hydrogens is 244 g/mol. The van der Waals surface area contributed by atoms with Crippen LogP contribution < -0.4 is 0 Å². The average molecular weight is 270 g/mol. The van der Waals surface area contributed by atoms with Crippen LogP contribution in [0, 0.1) is 0 Å². The normalized spacial score (nSPS) is 19.6. The van der Waals surface area contributed by atoms with Crippen molar-refractivity contribution < 1.29 is 14.3 Å². The summed E-state index contributed by atoms with van der Waals surface area (Å²) >= 11 is 0. The van der Waals surface area contributed by atoms with Crippen LogP contribution in [0.1, 0.15) is 39.5 Å². The largest absolute Gasteiger partial charge is 0.466 e. The molecule has 19 heavy (non-hydrogen) atoms. The molecule has 1 amide bonds. The van der Waals surface area contributed by atoms with Crippen LogP contribution in [-0.2, 0) is 14.3 Å².